The predicted octanol–water partition coefficient (Wildman–Crippen LogP) is 6.66. The van der Waals surface area contributed by atoms with E-state index in [2.05, 4.69) is 6.07 Å². The van der Waals surface area contributed by atoms with Gasteiger partial charge in [-0.3, -0.25) is 0 Å². The van der Waals surface area contributed by atoms with Crippen molar-refractivity contribution in [1.82, 2.24) is 0 Å². The van der Waals surface area contributed by atoms with E-state index in [0.29, 0.717) is 33.4 Å². The summed E-state index contributed by atoms with van der Waals surface area (Å²) in [6, 6.07) is 25.4. The second kappa shape index (κ2) is 12.8. The average Bonchev–Trinajstić information content (AvgIpc) is 3.01. The van der Waals surface area contributed by atoms with E-state index in [0.717, 1.165) is 5.56 Å². The molecule has 0 aromatic heterocycles. The van der Waals surface area contributed by atoms with Crippen LogP contribution in [0.25, 0.3) is 0 Å². The zero-order valence-corrected chi connectivity index (χ0v) is 23.9. The van der Waals surface area contributed by atoms with Gasteiger partial charge < -0.3 is 29.4 Å². The molecule has 0 aliphatic carbocycles. The van der Waals surface area contributed by atoms with Crippen molar-refractivity contribution >= 4 is 17.6 Å². The molecule has 1 heterocycles. The molecule has 2 N–H and O–H groups in total. The third-order valence-corrected chi connectivity index (χ3v) is 7.11. The van der Waals surface area contributed by atoms with Crippen molar-refractivity contribution < 1.29 is 32.9 Å². The van der Waals surface area contributed by atoms with Crippen molar-refractivity contribution in [3.63, 3.8) is 0 Å². The summed E-state index contributed by atoms with van der Waals surface area (Å²) in [5, 5.41) is 10.6. The standard InChI is InChI=1S/C33H26ClFN2O6/c1-19(41-27-10-6-5-9-26(27)35)33(38)42-22-12-13-23-29(16-22)43-32(37)24(17-36)31(23)20-11-14-28(30(15-20)39-2)40-18-21-7-3-4-8-25(21)34/h3-16,19,31H,18,37H2,1-2H3. The lowest BCUT2D eigenvalue weighted by Gasteiger charge is -2.27. The summed E-state index contributed by atoms with van der Waals surface area (Å²) in [4.78, 5) is 12.7. The number of ether oxygens (including phenoxy) is 5. The number of allylic oxidation sites excluding steroid dienone is 1. The number of halogens is 2. The van der Waals surface area contributed by atoms with Crippen LogP contribution in [0.3, 0.4) is 0 Å². The fourth-order valence-corrected chi connectivity index (χ4v) is 4.76. The highest BCUT2D eigenvalue weighted by molar-refractivity contribution is 6.31. The molecule has 0 saturated carbocycles. The van der Waals surface area contributed by atoms with Gasteiger partial charge in [0, 0.05) is 22.2 Å². The van der Waals surface area contributed by atoms with Crippen molar-refractivity contribution in [3.05, 3.63) is 124 Å². The number of nitriles is 1. The van der Waals surface area contributed by atoms with Crippen molar-refractivity contribution in [2.24, 2.45) is 5.73 Å². The number of hydrogen-bond acceptors (Lipinski definition) is 8. The lowest BCUT2D eigenvalue weighted by Crippen LogP contribution is -2.29. The molecule has 0 fully saturated rings. The minimum absolute atomic E-state index is 0.0683. The molecule has 1 aliphatic heterocycles. The van der Waals surface area contributed by atoms with Crippen LogP contribution in [0.15, 0.2) is 96.4 Å². The quantitative estimate of drug-likeness (QED) is 0.168. The van der Waals surface area contributed by atoms with Gasteiger partial charge in [-0.25, -0.2) is 9.18 Å². The van der Waals surface area contributed by atoms with Crippen LogP contribution < -0.4 is 29.4 Å². The SMILES string of the molecule is COc1cc(C2C(C#N)=C(N)Oc3cc(OC(=O)C(C)Oc4ccccc4F)ccc32)ccc1OCc1ccccc1Cl. The third-order valence-electron chi connectivity index (χ3n) is 6.74. The lowest BCUT2D eigenvalue weighted by molar-refractivity contribution is -0.141. The maximum Gasteiger partial charge on any atom is 0.352 e. The van der Waals surface area contributed by atoms with E-state index in [4.69, 9.17) is 41.0 Å². The Labute approximate surface area is 252 Å². The van der Waals surface area contributed by atoms with Gasteiger partial charge >= 0.3 is 5.97 Å². The summed E-state index contributed by atoms with van der Waals surface area (Å²) < 4.78 is 42.2. The monoisotopic (exact) mass is 600 g/mol. The van der Waals surface area contributed by atoms with Crippen molar-refractivity contribution in [2.75, 3.05) is 7.11 Å². The Morgan fingerprint density at radius 2 is 1.81 bits per heavy atom. The first kappa shape index (κ1) is 29.3. The molecule has 10 heteroatoms. The van der Waals surface area contributed by atoms with Gasteiger partial charge in [0.1, 0.15) is 29.7 Å². The van der Waals surface area contributed by atoms with Crippen LogP contribution in [0.4, 0.5) is 4.39 Å². The fraction of sp³-hybridized carbons (Fsp3) is 0.152. The number of esters is 1. The van der Waals surface area contributed by atoms with E-state index >= 15 is 0 Å². The highest BCUT2D eigenvalue weighted by Crippen LogP contribution is 2.45. The minimum Gasteiger partial charge on any atom is -0.493 e. The second-order valence-electron chi connectivity index (χ2n) is 9.53. The molecule has 0 amide bonds. The van der Waals surface area contributed by atoms with E-state index in [1.54, 1.807) is 36.4 Å². The number of fused-ring (bicyclic) bond motifs is 1. The summed E-state index contributed by atoms with van der Waals surface area (Å²) in [7, 11) is 1.52. The first-order valence-corrected chi connectivity index (χ1v) is 13.6. The van der Waals surface area contributed by atoms with E-state index in [1.165, 1.54) is 38.3 Å². The molecule has 43 heavy (non-hydrogen) atoms. The van der Waals surface area contributed by atoms with Crippen LogP contribution in [0, 0.1) is 17.1 Å². The van der Waals surface area contributed by atoms with Crippen molar-refractivity contribution in [3.8, 4) is 34.8 Å². The minimum atomic E-state index is -1.09. The molecule has 4 aromatic carbocycles. The Kier molecular flexibility index (Phi) is 8.69. The van der Waals surface area contributed by atoms with Crippen LogP contribution >= 0.6 is 11.6 Å². The number of nitrogens with two attached hydrogens (primary N) is 1. The van der Waals surface area contributed by atoms with E-state index < -0.39 is 23.8 Å². The van der Waals surface area contributed by atoms with Crippen molar-refractivity contribution in [1.29, 1.82) is 5.26 Å². The normalized spacial score (nSPS) is 14.5. The van der Waals surface area contributed by atoms with Crippen LogP contribution in [-0.2, 0) is 11.4 Å². The molecule has 8 nitrogen and oxygen atoms in total. The van der Waals surface area contributed by atoms with Crippen LogP contribution in [0.1, 0.15) is 29.5 Å². The number of nitrogens with zero attached hydrogens (tertiary/aromatic N) is 1. The predicted molar refractivity (Wildman–Crippen MR) is 157 cm³/mol. The largest absolute Gasteiger partial charge is 0.493 e. The number of carbonyl (C=O) groups is 1. The maximum absolute atomic E-state index is 13.9. The van der Waals surface area contributed by atoms with Gasteiger partial charge in [0.15, 0.2) is 29.2 Å². The number of carbonyl (C=O) groups excluding carboxylic acids is 1. The van der Waals surface area contributed by atoms with E-state index in [1.807, 2.05) is 24.3 Å². The summed E-state index contributed by atoms with van der Waals surface area (Å²) >= 11 is 6.26. The van der Waals surface area contributed by atoms with E-state index in [-0.39, 0.29) is 29.6 Å². The average molecular weight is 601 g/mol. The molecule has 0 bridgehead atoms. The van der Waals surface area contributed by atoms with Gasteiger partial charge in [-0.15, -0.1) is 0 Å². The fourth-order valence-electron chi connectivity index (χ4n) is 4.57. The molecule has 5 rings (SSSR count). The number of benzene rings is 4. The van der Waals surface area contributed by atoms with Crippen LogP contribution in [-0.4, -0.2) is 19.2 Å². The number of hydrogen-bond donors (Lipinski definition) is 1. The first-order valence-electron chi connectivity index (χ1n) is 13.2. The number of methoxy groups -OCH3 is 1. The molecule has 0 saturated heterocycles. The van der Waals surface area contributed by atoms with Gasteiger partial charge in [0.2, 0.25) is 5.88 Å². The van der Waals surface area contributed by atoms with Crippen LogP contribution in [0.2, 0.25) is 5.02 Å². The first-order chi connectivity index (χ1) is 20.8. The Hall–Kier alpha value is -5.20. The second-order valence-corrected chi connectivity index (χ2v) is 9.93. The molecule has 2 unspecified atom stereocenters. The summed E-state index contributed by atoms with van der Waals surface area (Å²) in [5.41, 5.74) is 8.50. The smallest absolute Gasteiger partial charge is 0.352 e. The highest BCUT2D eigenvalue weighted by atomic mass is 35.5. The van der Waals surface area contributed by atoms with Gasteiger partial charge in [0.05, 0.1) is 13.0 Å². The van der Waals surface area contributed by atoms with E-state index in [9.17, 15) is 14.4 Å². The Bertz CT molecular complexity index is 1750. The zero-order valence-electron chi connectivity index (χ0n) is 23.2. The summed E-state index contributed by atoms with van der Waals surface area (Å²) in [6.45, 7) is 1.69. The van der Waals surface area contributed by atoms with Gasteiger partial charge in [-0.2, -0.15) is 5.26 Å². The lowest BCUT2D eigenvalue weighted by atomic mass is 9.83. The summed E-state index contributed by atoms with van der Waals surface area (Å²) in [6.07, 6.45) is -1.09. The Morgan fingerprint density at radius 3 is 2.56 bits per heavy atom. The number of para-hydroxylation sites is 1. The highest BCUT2D eigenvalue weighted by Gasteiger charge is 2.32. The molecule has 4 aromatic rings. The maximum atomic E-state index is 13.9. The van der Waals surface area contributed by atoms with Gasteiger partial charge in [-0.05, 0) is 48.9 Å². The Morgan fingerprint density at radius 1 is 1.05 bits per heavy atom. The number of rotatable bonds is 9. The molecular formula is C33H26ClFN2O6. The van der Waals surface area contributed by atoms with Gasteiger partial charge in [-0.1, -0.05) is 54.1 Å². The zero-order chi connectivity index (χ0) is 30.5. The molecule has 218 valence electrons. The third kappa shape index (κ3) is 6.35. The van der Waals surface area contributed by atoms with Crippen molar-refractivity contribution in [2.45, 2.75) is 25.6 Å². The molecule has 0 radical (unpaired) electrons. The Balaban J connectivity index is 1.38. The molecule has 2 atom stereocenters. The van der Waals surface area contributed by atoms with Crippen LogP contribution in [0.5, 0.6) is 28.7 Å². The molecular weight excluding hydrogens is 575 g/mol. The molecule has 1 aliphatic rings. The van der Waals surface area contributed by atoms with Gasteiger partial charge in [0.25, 0.3) is 0 Å². The topological polar surface area (TPSA) is 113 Å². The molecule has 0 spiro atoms. The summed E-state index contributed by atoms with van der Waals surface area (Å²) in [5.74, 6) is -0.706.